The summed E-state index contributed by atoms with van der Waals surface area (Å²) in [6.45, 7) is 0. The first-order valence-electron chi connectivity index (χ1n) is 9.46. The number of carboxylic acid groups (broad SMARTS) is 1. The zero-order valence-corrected chi connectivity index (χ0v) is 17.0. The monoisotopic (exact) mass is 428 g/mol. The largest absolute Gasteiger partial charge is 0.481 e. The number of benzene rings is 3. The molecule has 0 aliphatic carbocycles. The maximum atomic E-state index is 10.8. The SMILES string of the molecule is O=C(O)CSc1nnc(-c2cc(-c3ccc4ccccc4c3)cc(-c3cnco3)c2)[nH]1. The van der Waals surface area contributed by atoms with Crippen LogP contribution in [-0.2, 0) is 4.79 Å². The molecule has 0 aliphatic rings. The van der Waals surface area contributed by atoms with Gasteiger partial charge in [0.1, 0.15) is 0 Å². The number of hydrogen-bond acceptors (Lipinski definition) is 6. The van der Waals surface area contributed by atoms with Crippen LogP contribution in [0.15, 0.2) is 82.8 Å². The van der Waals surface area contributed by atoms with Gasteiger partial charge >= 0.3 is 5.97 Å². The number of aromatic nitrogens is 4. The molecule has 0 atom stereocenters. The predicted octanol–water partition coefficient (Wildman–Crippen LogP) is 5.12. The highest BCUT2D eigenvalue weighted by Crippen LogP contribution is 2.33. The van der Waals surface area contributed by atoms with Gasteiger partial charge in [0.05, 0.1) is 11.9 Å². The van der Waals surface area contributed by atoms with E-state index in [1.54, 1.807) is 6.20 Å². The molecular weight excluding hydrogens is 412 g/mol. The van der Waals surface area contributed by atoms with E-state index in [1.807, 2.05) is 30.3 Å². The highest BCUT2D eigenvalue weighted by molar-refractivity contribution is 7.99. The van der Waals surface area contributed by atoms with Crippen molar-refractivity contribution in [3.05, 3.63) is 73.3 Å². The van der Waals surface area contributed by atoms with Crippen molar-refractivity contribution in [1.82, 2.24) is 20.2 Å². The molecule has 0 bridgehead atoms. The number of thioether (sulfide) groups is 1. The summed E-state index contributed by atoms with van der Waals surface area (Å²) in [4.78, 5) is 17.9. The minimum Gasteiger partial charge on any atom is -0.481 e. The Morgan fingerprint density at radius 3 is 2.55 bits per heavy atom. The zero-order chi connectivity index (χ0) is 21.2. The first kappa shape index (κ1) is 19.1. The summed E-state index contributed by atoms with van der Waals surface area (Å²) < 4.78 is 5.51. The highest BCUT2D eigenvalue weighted by Gasteiger charge is 2.13. The summed E-state index contributed by atoms with van der Waals surface area (Å²) >= 11 is 1.09. The molecule has 2 N–H and O–H groups in total. The number of aromatic amines is 1. The van der Waals surface area contributed by atoms with Crippen LogP contribution in [0.5, 0.6) is 0 Å². The molecule has 5 aromatic rings. The van der Waals surface area contributed by atoms with Crippen molar-refractivity contribution in [1.29, 1.82) is 0 Å². The first-order chi connectivity index (χ1) is 15.2. The van der Waals surface area contributed by atoms with Gasteiger partial charge in [-0.05, 0) is 46.2 Å². The van der Waals surface area contributed by atoms with Crippen LogP contribution in [0.4, 0.5) is 0 Å². The molecule has 152 valence electrons. The van der Waals surface area contributed by atoms with Crippen LogP contribution in [0.3, 0.4) is 0 Å². The van der Waals surface area contributed by atoms with E-state index >= 15 is 0 Å². The minimum absolute atomic E-state index is 0.0882. The average Bonchev–Trinajstić information content (AvgIpc) is 3.49. The van der Waals surface area contributed by atoms with E-state index in [0.717, 1.165) is 39.4 Å². The zero-order valence-electron chi connectivity index (χ0n) is 16.1. The van der Waals surface area contributed by atoms with Gasteiger partial charge < -0.3 is 14.5 Å². The van der Waals surface area contributed by atoms with Crippen molar-refractivity contribution in [2.45, 2.75) is 5.16 Å². The van der Waals surface area contributed by atoms with Gasteiger partial charge in [-0.2, -0.15) is 0 Å². The molecule has 0 saturated carbocycles. The number of rotatable bonds is 6. The third kappa shape index (κ3) is 4.06. The molecule has 2 aromatic heterocycles. The third-order valence-electron chi connectivity index (χ3n) is 4.80. The van der Waals surface area contributed by atoms with E-state index in [0.29, 0.717) is 16.7 Å². The lowest BCUT2D eigenvalue weighted by atomic mass is 9.96. The summed E-state index contributed by atoms with van der Waals surface area (Å²) in [5.41, 5.74) is 3.72. The number of oxazole rings is 1. The quantitative estimate of drug-likeness (QED) is 0.362. The van der Waals surface area contributed by atoms with Crippen molar-refractivity contribution in [2.75, 3.05) is 5.75 Å². The second-order valence-electron chi connectivity index (χ2n) is 6.89. The number of aliphatic carboxylic acids is 1. The van der Waals surface area contributed by atoms with Crippen LogP contribution in [0.1, 0.15) is 0 Å². The van der Waals surface area contributed by atoms with Gasteiger partial charge in [-0.15, -0.1) is 10.2 Å². The van der Waals surface area contributed by atoms with Gasteiger partial charge in [0.25, 0.3) is 0 Å². The third-order valence-corrected chi connectivity index (χ3v) is 5.65. The lowest BCUT2D eigenvalue weighted by molar-refractivity contribution is -0.133. The van der Waals surface area contributed by atoms with Gasteiger partial charge in [-0.1, -0.05) is 48.2 Å². The highest BCUT2D eigenvalue weighted by atomic mass is 32.2. The predicted molar refractivity (Wildman–Crippen MR) is 119 cm³/mol. The topological polar surface area (TPSA) is 105 Å². The number of fused-ring (bicyclic) bond motifs is 1. The van der Waals surface area contributed by atoms with Crippen LogP contribution in [0.25, 0.3) is 44.6 Å². The van der Waals surface area contributed by atoms with Crippen LogP contribution in [0, 0.1) is 0 Å². The van der Waals surface area contributed by atoms with Crippen LogP contribution in [-0.4, -0.2) is 37.0 Å². The van der Waals surface area contributed by atoms with E-state index in [-0.39, 0.29) is 5.75 Å². The molecule has 0 spiro atoms. The summed E-state index contributed by atoms with van der Waals surface area (Å²) in [5.74, 6) is 0.198. The van der Waals surface area contributed by atoms with Crippen molar-refractivity contribution in [2.24, 2.45) is 0 Å². The van der Waals surface area contributed by atoms with Crippen LogP contribution < -0.4 is 0 Å². The second kappa shape index (κ2) is 8.08. The van der Waals surface area contributed by atoms with Crippen molar-refractivity contribution in [3.8, 4) is 33.8 Å². The lowest BCUT2D eigenvalue weighted by Crippen LogP contribution is -1.97. The van der Waals surface area contributed by atoms with E-state index in [2.05, 4.69) is 50.5 Å². The molecule has 0 fully saturated rings. The fourth-order valence-electron chi connectivity index (χ4n) is 3.37. The molecule has 0 aliphatic heterocycles. The van der Waals surface area contributed by atoms with Gasteiger partial charge in [0, 0.05) is 11.1 Å². The Balaban J connectivity index is 1.60. The maximum absolute atomic E-state index is 10.8. The molecule has 0 unspecified atom stereocenters. The van der Waals surface area contributed by atoms with Gasteiger partial charge in [0.2, 0.25) is 0 Å². The van der Waals surface area contributed by atoms with Crippen molar-refractivity contribution >= 4 is 28.5 Å². The fraction of sp³-hybridized carbons (Fsp3) is 0.0435. The summed E-state index contributed by atoms with van der Waals surface area (Å²) in [5, 5.41) is 19.9. The number of nitrogens with zero attached hydrogens (tertiary/aromatic N) is 3. The van der Waals surface area contributed by atoms with Gasteiger partial charge in [-0.25, -0.2) is 4.98 Å². The minimum atomic E-state index is -0.908. The summed E-state index contributed by atoms with van der Waals surface area (Å²) in [7, 11) is 0. The smallest absolute Gasteiger partial charge is 0.313 e. The molecule has 0 saturated heterocycles. The Morgan fingerprint density at radius 1 is 0.935 bits per heavy atom. The van der Waals surface area contributed by atoms with Crippen molar-refractivity contribution in [3.63, 3.8) is 0 Å². The molecule has 7 nitrogen and oxygen atoms in total. The van der Waals surface area contributed by atoms with E-state index in [4.69, 9.17) is 9.52 Å². The Hall–Kier alpha value is -3.91. The molecule has 0 amide bonds. The molecule has 2 heterocycles. The molecule has 5 rings (SSSR count). The van der Waals surface area contributed by atoms with Crippen molar-refractivity contribution < 1.29 is 14.3 Å². The molecule has 8 heteroatoms. The average molecular weight is 428 g/mol. The van der Waals surface area contributed by atoms with E-state index in [1.165, 1.54) is 11.8 Å². The lowest BCUT2D eigenvalue weighted by Gasteiger charge is -2.09. The normalized spacial score (nSPS) is 11.1. The summed E-state index contributed by atoms with van der Waals surface area (Å²) in [6, 6.07) is 20.6. The van der Waals surface area contributed by atoms with Gasteiger partial charge in [0.15, 0.2) is 23.1 Å². The number of carbonyl (C=O) groups is 1. The molecule has 31 heavy (non-hydrogen) atoms. The van der Waals surface area contributed by atoms with Crippen LogP contribution in [0.2, 0.25) is 0 Å². The number of nitrogens with one attached hydrogen (secondary N) is 1. The molecule has 0 radical (unpaired) electrons. The number of H-pyrrole nitrogens is 1. The first-order valence-corrected chi connectivity index (χ1v) is 10.4. The molecule has 3 aromatic carbocycles. The Labute approximate surface area is 181 Å². The van der Waals surface area contributed by atoms with E-state index < -0.39 is 5.97 Å². The summed E-state index contributed by atoms with van der Waals surface area (Å²) in [6.07, 6.45) is 3.06. The second-order valence-corrected chi connectivity index (χ2v) is 7.85. The maximum Gasteiger partial charge on any atom is 0.313 e. The fourth-order valence-corrected chi connectivity index (χ4v) is 3.90. The number of carboxylic acids is 1. The Morgan fingerprint density at radius 2 is 1.74 bits per heavy atom. The number of hydrogen-bond donors (Lipinski definition) is 2. The Kier molecular flexibility index (Phi) is 4.97. The molecular formula is C23H16N4O3S. The van der Waals surface area contributed by atoms with E-state index in [9.17, 15) is 4.79 Å². The van der Waals surface area contributed by atoms with Gasteiger partial charge in [-0.3, -0.25) is 4.79 Å². The standard InChI is InChI=1S/C23H16N4O3S/c28-21(29)12-31-23-25-22(26-27-23)19-9-17(8-18(10-19)20-11-24-13-30-20)16-6-5-14-3-1-2-4-15(14)7-16/h1-11,13H,12H2,(H,28,29)(H,25,26,27). The van der Waals surface area contributed by atoms with Crippen LogP contribution >= 0.6 is 11.8 Å². The Bertz CT molecular complexity index is 1380.